The van der Waals surface area contributed by atoms with Crippen LogP contribution in [0.5, 0.6) is 0 Å². The summed E-state index contributed by atoms with van der Waals surface area (Å²) < 4.78 is 0. The molecule has 3 unspecified atom stereocenters. The molecule has 2 rings (SSSR count). The number of carbonyl (C=O) groups excluding carboxylic acids is 1. The minimum absolute atomic E-state index is 0.256. The molecule has 2 saturated carbocycles. The number of fused-ring (bicyclic) bond motifs is 2. The van der Waals surface area contributed by atoms with Crippen LogP contribution in [-0.4, -0.2) is 5.78 Å². The molecule has 0 aromatic heterocycles. The van der Waals surface area contributed by atoms with Gasteiger partial charge in [-0.15, -0.1) is 0 Å². The molecule has 0 heterocycles. The first kappa shape index (κ1) is 8.74. The molecule has 1 heteroatoms. The van der Waals surface area contributed by atoms with Crippen molar-refractivity contribution in [3.8, 4) is 0 Å². The van der Waals surface area contributed by atoms with Crippen LogP contribution >= 0.6 is 0 Å². The summed E-state index contributed by atoms with van der Waals surface area (Å²) in [5.41, 5.74) is 1.51. The quantitative estimate of drug-likeness (QED) is 0.467. The Hall–Kier alpha value is -0.850. The molecule has 0 N–H and O–H groups in total. The summed E-state index contributed by atoms with van der Waals surface area (Å²) in [5.74, 6) is 1.86. The molecule has 1 nitrogen and oxygen atoms in total. The summed E-state index contributed by atoms with van der Waals surface area (Å²) in [6.07, 6.45) is 7.28. The standard InChI is InChI=1S/C12H16O/c1-3-9-5-8-6-10(9)11(7-8)12(13)4-2/h3-4,8,10-11H,2,5-7H2,1H3. The largest absolute Gasteiger partial charge is 0.295 e. The van der Waals surface area contributed by atoms with Crippen molar-refractivity contribution in [2.75, 3.05) is 0 Å². The lowest BCUT2D eigenvalue weighted by molar-refractivity contribution is -0.119. The summed E-state index contributed by atoms with van der Waals surface area (Å²) in [4.78, 5) is 11.5. The van der Waals surface area contributed by atoms with E-state index in [2.05, 4.69) is 19.6 Å². The summed E-state index contributed by atoms with van der Waals surface area (Å²) in [5, 5.41) is 0. The summed E-state index contributed by atoms with van der Waals surface area (Å²) in [6, 6.07) is 0. The third-order valence-corrected chi connectivity index (χ3v) is 3.60. The Bertz CT molecular complexity index is 275. The van der Waals surface area contributed by atoms with Crippen LogP contribution in [0.2, 0.25) is 0 Å². The molecular formula is C12H16O. The van der Waals surface area contributed by atoms with Crippen molar-refractivity contribution in [3.05, 3.63) is 24.3 Å². The maximum Gasteiger partial charge on any atom is 0.158 e. The number of allylic oxidation sites excluding steroid dienone is 3. The van der Waals surface area contributed by atoms with Gasteiger partial charge in [0, 0.05) is 5.92 Å². The fourth-order valence-electron chi connectivity index (χ4n) is 3.00. The van der Waals surface area contributed by atoms with Crippen LogP contribution in [0.3, 0.4) is 0 Å². The van der Waals surface area contributed by atoms with Crippen LogP contribution < -0.4 is 0 Å². The van der Waals surface area contributed by atoms with E-state index in [9.17, 15) is 4.79 Å². The average Bonchev–Trinajstić information content (AvgIpc) is 2.74. The minimum Gasteiger partial charge on any atom is -0.295 e. The molecule has 2 fully saturated rings. The van der Waals surface area contributed by atoms with Crippen molar-refractivity contribution < 1.29 is 4.79 Å². The first-order chi connectivity index (χ1) is 6.26. The van der Waals surface area contributed by atoms with Gasteiger partial charge in [0.15, 0.2) is 5.78 Å². The van der Waals surface area contributed by atoms with E-state index in [4.69, 9.17) is 0 Å². The van der Waals surface area contributed by atoms with E-state index in [-0.39, 0.29) is 11.7 Å². The van der Waals surface area contributed by atoms with Crippen LogP contribution in [0, 0.1) is 17.8 Å². The number of ketones is 1. The predicted molar refractivity (Wildman–Crippen MR) is 53.3 cm³/mol. The van der Waals surface area contributed by atoms with Crippen molar-refractivity contribution in [2.24, 2.45) is 17.8 Å². The van der Waals surface area contributed by atoms with Gasteiger partial charge in [-0.1, -0.05) is 18.2 Å². The molecule has 2 aliphatic carbocycles. The van der Waals surface area contributed by atoms with Gasteiger partial charge in [-0.05, 0) is 44.1 Å². The highest BCUT2D eigenvalue weighted by atomic mass is 16.1. The lowest BCUT2D eigenvalue weighted by atomic mass is 9.82. The van der Waals surface area contributed by atoms with Crippen molar-refractivity contribution in [3.63, 3.8) is 0 Å². The second-order valence-corrected chi connectivity index (χ2v) is 4.22. The monoisotopic (exact) mass is 176 g/mol. The van der Waals surface area contributed by atoms with E-state index >= 15 is 0 Å². The molecule has 0 aromatic rings. The molecular weight excluding hydrogens is 160 g/mol. The van der Waals surface area contributed by atoms with Crippen LogP contribution in [0.15, 0.2) is 24.3 Å². The maximum absolute atomic E-state index is 11.5. The fraction of sp³-hybridized carbons (Fsp3) is 0.583. The smallest absolute Gasteiger partial charge is 0.158 e. The zero-order valence-corrected chi connectivity index (χ0v) is 8.12. The van der Waals surface area contributed by atoms with E-state index in [0.29, 0.717) is 5.92 Å². The average molecular weight is 176 g/mol. The Morgan fingerprint density at radius 1 is 1.54 bits per heavy atom. The fourth-order valence-corrected chi connectivity index (χ4v) is 3.00. The topological polar surface area (TPSA) is 17.1 Å². The molecule has 3 atom stereocenters. The highest BCUT2D eigenvalue weighted by Crippen LogP contribution is 2.51. The van der Waals surface area contributed by atoms with Crippen LogP contribution in [0.4, 0.5) is 0 Å². The third kappa shape index (κ3) is 1.27. The Kier molecular flexibility index (Phi) is 2.10. The van der Waals surface area contributed by atoms with Gasteiger partial charge in [0.1, 0.15) is 0 Å². The van der Waals surface area contributed by atoms with E-state index in [0.717, 1.165) is 12.3 Å². The molecule has 0 spiro atoms. The van der Waals surface area contributed by atoms with Crippen molar-refractivity contribution in [1.82, 2.24) is 0 Å². The lowest BCUT2D eigenvalue weighted by Gasteiger charge is -2.21. The van der Waals surface area contributed by atoms with Gasteiger partial charge in [-0.3, -0.25) is 4.79 Å². The highest BCUT2D eigenvalue weighted by Gasteiger charge is 2.44. The van der Waals surface area contributed by atoms with Crippen molar-refractivity contribution >= 4 is 5.78 Å². The highest BCUT2D eigenvalue weighted by molar-refractivity contribution is 5.92. The molecule has 0 radical (unpaired) electrons. The zero-order valence-electron chi connectivity index (χ0n) is 8.12. The van der Waals surface area contributed by atoms with Crippen LogP contribution in [0.1, 0.15) is 26.2 Å². The summed E-state index contributed by atoms with van der Waals surface area (Å²) in [7, 11) is 0. The molecule has 2 bridgehead atoms. The van der Waals surface area contributed by atoms with Gasteiger partial charge < -0.3 is 0 Å². The summed E-state index contributed by atoms with van der Waals surface area (Å²) in [6.45, 7) is 5.66. The van der Waals surface area contributed by atoms with Gasteiger partial charge in [0.05, 0.1) is 0 Å². The SMILES string of the molecule is C=CC(=O)C1CC2CC(=CC)C1C2. The molecule has 2 aliphatic rings. The third-order valence-electron chi connectivity index (χ3n) is 3.60. The van der Waals surface area contributed by atoms with E-state index in [1.54, 1.807) is 0 Å². The van der Waals surface area contributed by atoms with Gasteiger partial charge in [-0.25, -0.2) is 0 Å². The van der Waals surface area contributed by atoms with Crippen LogP contribution in [-0.2, 0) is 4.79 Å². The minimum atomic E-state index is 0.256. The number of hydrogen-bond donors (Lipinski definition) is 0. The van der Waals surface area contributed by atoms with E-state index < -0.39 is 0 Å². The lowest BCUT2D eigenvalue weighted by Crippen LogP contribution is -2.20. The Morgan fingerprint density at radius 2 is 2.31 bits per heavy atom. The molecule has 0 amide bonds. The Labute approximate surface area is 79.5 Å². The molecule has 0 saturated heterocycles. The molecule has 13 heavy (non-hydrogen) atoms. The van der Waals surface area contributed by atoms with Gasteiger partial charge in [-0.2, -0.15) is 0 Å². The normalized spacial score (nSPS) is 39.8. The van der Waals surface area contributed by atoms with Gasteiger partial charge in [0.25, 0.3) is 0 Å². The number of hydrogen-bond acceptors (Lipinski definition) is 1. The van der Waals surface area contributed by atoms with Crippen molar-refractivity contribution in [2.45, 2.75) is 26.2 Å². The van der Waals surface area contributed by atoms with Crippen LogP contribution in [0.25, 0.3) is 0 Å². The van der Waals surface area contributed by atoms with Gasteiger partial charge in [0.2, 0.25) is 0 Å². The Balaban J connectivity index is 2.18. The second-order valence-electron chi connectivity index (χ2n) is 4.22. The van der Waals surface area contributed by atoms with Gasteiger partial charge >= 0.3 is 0 Å². The summed E-state index contributed by atoms with van der Waals surface area (Å²) >= 11 is 0. The molecule has 70 valence electrons. The first-order valence-electron chi connectivity index (χ1n) is 5.07. The zero-order chi connectivity index (χ0) is 9.42. The first-order valence-corrected chi connectivity index (χ1v) is 5.07. The number of rotatable bonds is 2. The number of carbonyl (C=O) groups is 1. The Morgan fingerprint density at radius 3 is 2.85 bits per heavy atom. The second kappa shape index (κ2) is 3.13. The van der Waals surface area contributed by atoms with E-state index in [1.165, 1.54) is 24.5 Å². The van der Waals surface area contributed by atoms with E-state index in [1.807, 2.05) is 0 Å². The predicted octanol–water partition coefficient (Wildman–Crippen LogP) is 2.73. The van der Waals surface area contributed by atoms with Crippen molar-refractivity contribution in [1.29, 1.82) is 0 Å². The maximum atomic E-state index is 11.5. The molecule has 0 aliphatic heterocycles. The molecule has 0 aromatic carbocycles.